The number of Topliss-reactive ketones (excluding diaryl/α,β-unsaturated/α-hetero) is 1. The van der Waals surface area contributed by atoms with E-state index in [1.54, 1.807) is 6.92 Å². The Bertz CT molecular complexity index is 635. The molecule has 2 rings (SSSR count). The van der Waals surface area contributed by atoms with E-state index in [4.69, 9.17) is 5.73 Å². The Morgan fingerprint density at radius 2 is 1.88 bits per heavy atom. The molecule has 3 unspecified atom stereocenters. The second-order valence-corrected chi connectivity index (χ2v) is 7.09. The van der Waals surface area contributed by atoms with Crippen LogP contribution in [0.15, 0.2) is 0 Å². The Morgan fingerprint density at radius 1 is 1.23 bits per heavy atom. The Labute approximate surface area is 152 Å². The number of fused-ring (bicyclic) bond motifs is 1. The average molecular weight is 366 g/mol. The molecule has 3 atom stereocenters. The highest BCUT2D eigenvalue weighted by Gasteiger charge is 2.51. The lowest BCUT2D eigenvalue weighted by atomic mass is 10.0. The van der Waals surface area contributed by atoms with Gasteiger partial charge in [-0.1, -0.05) is 6.92 Å². The Morgan fingerprint density at radius 3 is 2.46 bits per heavy atom. The number of ketones is 1. The second-order valence-electron chi connectivity index (χ2n) is 7.09. The summed E-state index contributed by atoms with van der Waals surface area (Å²) in [6, 6.07) is -0.967. The van der Waals surface area contributed by atoms with E-state index in [2.05, 4.69) is 0 Å². The molecule has 0 aromatic carbocycles. The normalized spacial score (nSPS) is 23.0. The molecule has 2 fully saturated rings. The molecule has 2 aliphatic heterocycles. The van der Waals surface area contributed by atoms with Crippen molar-refractivity contribution in [2.75, 3.05) is 26.7 Å². The molecule has 9 nitrogen and oxygen atoms in total. The first-order valence-corrected chi connectivity index (χ1v) is 8.76. The number of nitrogens with zero attached hydrogens (tertiary/aromatic N) is 3. The summed E-state index contributed by atoms with van der Waals surface area (Å²) in [4.78, 5) is 64.0. The van der Waals surface area contributed by atoms with Crippen LogP contribution in [0.2, 0.25) is 0 Å². The molecule has 9 heteroatoms. The number of carbonyl (C=O) groups excluding carboxylic acids is 5. The highest BCUT2D eigenvalue weighted by molar-refractivity contribution is 5.98. The Hall–Kier alpha value is -2.45. The highest BCUT2D eigenvalue weighted by atomic mass is 16.2. The van der Waals surface area contributed by atoms with E-state index in [0.29, 0.717) is 19.4 Å². The van der Waals surface area contributed by atoms with Crippen molar-refractivity contribution in [1.29, 1.82) is 0 Å². The maximum absolute atomic E-state index is 12.5. The van der Waals surface area contributed by atoms with Gasteiger partial charge in [-0.3, -0.25) is 24.0 Å². The van der Waals surface area contributed by atoms with Crippen molar-refractivity contribution in [3.63, 3.8) is 0 Å². The number of rotatable bonds is 6. The van der Waals surface area contributed by atoms with E-state index in [0.717, 1.165) is 0 Å². The molecule has 0 spiro atoms. The van der Waals surface area contributed by atoms with Gasteiger partial charge < -0.3 is 20.4 Å². The molecule has 26 heavy (non-hydrogen) atoms. The zero-order chi connectivity index (χ0) is 19.6. The largest absolute Gasteiger partial charge is 0.369 e. The van der Waals surface area contributed by atoms with Gasteiger partial charge in [-0.2, -0.15) is 0 Å². The first-order valence-electron chi connectivity index (χ1n) is 8.76. The quantitative estimate of drug-likeness (QED) is 0.629. The number of primary amides is 1. The molecular weight excluding hydrogens is 340 g/mol. The van der Waals surface area contributed by atoms with Crippen LogP contribution in [-0.2, 0) is 24.0 Å². The number of nitrogens with two attached hydrogens (primary N) is 1. The van der Waals surface area contributed by atoms with Gasteiger partial charge in [-0.05, 0) is 12.8 Å². The number of carbonyl (C=O) groups is 5. The standard InChI is InChI=1S/C17H26N4O5/c1-10(17(18)26)4-5-14(24)20-7-6-12-16(20)13(23)8-21(12)15(25)9-19(3)11(2)22/h10,12,16H,4-9H2,1-3H3,(H2,18,26). The van der Waals surface area contributed by atoms with Crippen molar-refractivity contribution in [2.45, 2.75) is 45.2 Å². The van der Waals surface area contributed by atoms with Crippen molar-refractivity contribution in [1.82, 2.24) is 14.7 Å². The third-order valence-electron chi connectivity index (χ3n) is 5.25. The van der Waals surface area contributed by atoms with Crippen LogP contribution in [0.3, 0.4) is 0 Å². The number of amides is 4. The predicted octanol–water partition coefficient (Wildman–Crippen LogP) is -1.25. The SMILES string of the molecule is CC(=O)N(C)CC(=O)N1CC(=O)C2C1CCN2C(=O)CCC(C)C(N)=O. The summed E-state index contributed by atoms with van der Waals surface area (Å²) < 4.78 is 0. The fourth-order valence-corrected chi connectivity index (χ4v) is 3.45. The van der Waals surface area contributed by atoms with Crippen LogP contribution in [0, 0.1) is 5.92 Å². The van der Waals surface area contributed by atoms with Crippen LogP contribution in [-0.4, -0.2) is 82.9 Å². The van der Waals surface area contributed by atoms with Crippen molar-refractivity contribution in [3.8, 4) is 0 Å². The Balaban J connectivity index is 2.00. The van der Waals surface area contributed by atoms with E-state index in [9.17, 15) is 24.0 Å². The Kier molecular flexibility index (Phi) is 5.99. The van der Waals surface area contributed by atoms with Gasteiger partial charge in [0.15, 0.2) is 5.78 Å². The van der Waals surface area contributed by atoms with Gasteiger partial charge in [0.05, 0.1) is 19.1 Å². The molecule has 2 heterocycles. The molecule has 2 saturated heterocycles. The number of likely N-dealkylation sites (N-methyl/N-ethyl adjacent to an activating group) is 1. The summed E-state index contributed by atoms with van der Waals surface area (Å²) in [6.07, 6.45) is 1.01. The molecule has 2 N–H and O–H groups in total. The number of likely N-dealkylation sites (tertiary alicyclic amines) is 2. The summed E-state index contributed by atoms with van der Waals surface area (Å²) in [6.45, 7) is 3.30. The van der Waals surface area contributed by atoms with E-state index < -0.39 is 17.9 Å². The van der Waals surface area contributed by atoms with E-state index >= 15 is 0 Å². The summed E-state index contributed by atoms with van der Waals surface area (Å²) in [7, 11) is 1.53. The van der Waals surface area contributed by atoms with E-state index in [1.165, 1.54) is 28.7 Å². The lowest BCUT2D eigenvalue weighted by Crippen LogP contribution is -2.45. The molecule has 0 aromatic rings. The maximum atomic E-state index is 12.5. The van der Waals surface area contributed by atoms with Crippen molar-refractivity contribution >= 4 is 29.4 Å². The zero-order valence-electron chi connectivity index (χ0n) is 15.4. The minimum absolute atomic E-state index is 0.0403. The summed E-state index contributed by atoms with van der Waals surface area (Å²) in [5.74, 6) is -1.75. The zero-order valence-corrected chi connectivity index (χ0v) is 15.4. The molecule has 0 bridgehead atoms. The number of hydrogen-bond acceptors (Lipinski definition) is 5. The maximum Gasteiger partial charge on any atom is 0.242 e. The van der Waals surface area contributed by atoms with Crippen LogP contribution in [0.1, 0.15) is 33.1 Å². The molecule has 2 aliphatic rings. The summed E-state index contributed by atoms with van der Waals surface area (Å²) in [5, 5.41) is 0. The minimum Gasteiger partial charge on any atom is -0.369 e. The highest BCUT2D eigenvalue weighted by Crippen LogP contribution is 2.30. The fraction of sp³-hybridized carbons (Fsp3) is 0.706. The molecule has 0 aromatic heterocycles. The van der Waals surface area contributed by atoms with Crippen molar-refractivity contribution in [2.24, 2.45) is 11.7 Å². The first kappa shape index (κ1) is 19.9. The van der Waals surface area contributed by atoms with Crippen molar-refractivity contribution in [3.05, 3.63) is 0 Å². The van der Waals surface area contributed by atoms with E-state index in [-0.39, 0.29) is 49.1 Å². The van der Waals surface area contributed by atoms with Gasteiger partial charge in [0.1, 0.15) is 6.04 Å². The van der Waals surface area contributed by atoms with Gasteiger partial charge in [-0.25, -0.2) is 0 Å². The average Bonchev–Trinajstić information content (AvgIpc) is 3.13. The van der Waals surface area contributed by atoms with Gasteiger partial charge in [-0.15, -0.1) is 0 Å². The van der Waals surface area contributed by atoms with Crippen LogP contribution in [0.5, 0.6) is 0 Å². The van der Waals surface area contributed by atoms with Gasteiger partial charge >= 0.3 is 0 Å². The molecule has 0 radical (unpaired) electrons. The third kappa shape index (κ3) is 4.03. The van der Waals surface area contributed by atoms with Gasteiger partial charge in [0, 0.05) is 32.9 Å². The van der Waals surface area contributed by atoms with E-state index in [1.807, 2.05) is 0 Å². The smallest absolute Gasteiger partial charge is 0.242 e. The lowest BCUT2D eigenvalue weighted by Gasteiger charge is -2.26. The summed E-state index contributed by atoms with van der Waals surface area (Å²) >= 11 is 0. The predicted molar refractivity (Wildman–Crippen MR) is 91.5 cm³/mol. The topological polar surface area (TPSA) is 121 Å². The minimum atomic E-state index is -0.627. The molecule has 0 saturated carbocycles. The molecule has 0 aliphatic carbocycles. The van der Waals surface area contributed by atoms with Crippen molar-refractivity contribution < 1.29 is 24.0 Å². The fourth-order valence-electron chi connectivity index (χ4n) is 3.45. The van der Waals surface area contributed by atoms with Crippen LogP contribution in [0.4, 0.5) is 0 Å². The number of hydrogen-bond donors (Lipinski definition) is 1. The molecule has 144 valence electrons. The second kappa shape index (κ2) is 7.84. The first-order chi connectivity index (χ1) is 12.1. The summed E-state index contributed by atoms with van der Waals surface area (Å²) in [5.41, 5.74) is 5.21. The molecular formula is C17H26N4O5. The van der Waals surface area contributed by atoms with Gasteiger partial charge in [0.2, 0.25) is 23.6 Å². The monoisotopic (exact) mass is 366 g/mol. The van der Waals surface area contributed by atoms with Crippen LogP contribution >= 0.6 is 0 Å². The van der Waals surface area contributed by atoms with Crippen LogP contribution in [0.25, 0.3) is 0 Å². The van der Waals surface area contributed by atoms with Crippen LogP contribution < -0.4 is 5.73 Å². The van der Waals surface area contributed by atoms with Gasteiger partial charge in [0.25, 0.3) is 0 Å². The molecule has 4 amide bonds. The lowest BCUT2D eigenvalue weighted by molar-refractivity contribution is -0.139. The third-order valence-corrected chi connectivity index (χ3v) is 5.25.